The third-order valence-corrected chi connectivity index (χ3v) is 3.70. The first-order chi connectivity index (χ1) is 12.0. The smallest absolute Gasteiger partial charge is 0.291 e. The largest absolute Gasteiger partial charge is 0.486 e. The molecule has 1 heterocycles. The Kier molecular flexibility index (Phi) is 5.05. The molecule has 128 valence electrons. The molecule has 0 radical (unpaired) electrons. The van der Waals surface area contributed by atoms with Crippen LogP contribution < -0.4 is 10.1 Å². The van der Waals surface area contributed by atoms with Crippen molar-refractivity contribution in [3.8, 4) is 5.75 Å². The van der Waals surface area contributed by atoms with Gasteiger partial charge >= 0.3 is 0 Å². The van der Waals surface area contributed by atoms with Crippen molar-refractivity contribution in [2.45, 2.75) is 13.5 Å². The van der Waals surface area contributed by atoms with Crippen molar-refractivity contribution >= 4 is 23.2 Å². The van der Waals surface area contributed by atoms with Crippen molar-refractivity contribution < 1.29 is 18.3 Å². The second-order valence-corrected chi connectivity index (χ2v) is 5.88. The maximum absolute atomic E-state index is 13.7. The molecule has 0 spiro atoms. The minimum Gasteiger partial charge on any atom is -0.486 e. The maximum Gasteiger partial charge on any atom is 0.291 e. The highest BCUT2D eigenvalue weighted by atomic mass is 35.5. The van der Waals surface area contributed by atoms with Crippen molar-refractivity contribution in [3.05, 3.63) is 82.5 Å². The lowest BCUT2D eigenvalue weighted by molar-refractivity contribution is 0.0992. The molecule has 1 aromatic heterocycles. The fourth-order valence-electron chi connectivity index (χ4n) is 2.14. The maximum atomic E-state index is 13.7. The lowest BCUT2D eigenvalue weighted by Crippen LogP contribution is -2.12. The summed E-state index contributed by atoms with van der Waals surface area (Å²) in [5, 5.41) is 2.69. The van der Waals surface area contributed by atoms with Crippen molar-refractivity contribution in [1.82, 2.24) is 0 Å². The molecule has 1 amide bonds. The van der Waals surface area contributed by atoms with Crippen LogP contribution in [-0.4, -0.2) is 5.91 Å². The number of hydrogen-bond donors (Lipinski definition) is 1. The summed E-state index contributed by atoms with van der Waals surface area (Å²) in [5.41, 5.74) is 1.17. The van der Waals surface area contributed by atoms with E-state index in [1.54, 1.807) is 6.07 Å². The number of amides is 1. The van der Waals surface area contributed by atoms with Crippen LogP contribution in [0.4, 0.5) is 10.1 Å². The van der Waals surface area contributed by atoms with Gasteiger partial charge in [0.1, 0.15) is 23.9 Å². The van der Waals surface area contributed by atoms with Crippen LogP contribution in [0.1, 0.15) is 21.9 Å². The molecule has 0 saturated carbocycles. The van der Waals surface area contributed by atoms with Gasteiger partial charge in [-0.05, 0) is 49.4 Å². The molecule has 0 aliphatic carbocycles. The van der Waals surface area contributed by atoms with Gasteiger partial charge in [-0.2, -0.15) is 0 Å². The Hall–Kier alpha value is -2.79. The average Bonchev–Trinajstić information content (AvgIpc) is 3.06. The lowest BCUT2D eigenvalue weighted by atomic mass is 10.2. The van der Waals surface area contributed by atoms with Crippen molar-refractivity contribution in [1.29, 1.82) is 0 Å². The summed E-state index contributed by atoms with van der Waals surface area (Å²) in [4.78, 5) is 12.1. The number of carbonyl (C=O) groups excluding carboxylic acids is 1. The summed E-state index contributed by atoms with van der Waals surface area (Å²) in [6, 6.07) is 14.8. The Morgan fingerprint density at radius 1 is 1.16 bits per heavy atom. The zero-order valence-electron chi connectivity index (χ0n) is 13.4. The summed E-state index contributed by atoms with van der Waals surface area (Å²) in [7, 11) is 0. The van der Waals surface area contributed by atoms with Gasteiger partial charge in [-0.3, -0.25) is 4.79 Å². The van der Waals surface area contributed by atoms with Gasteiger partial charge in [0.25, 0.3) is 5.91 Å². The molecule has 0 bridgehead atoms. The third-order valence-electron chi connectivity index (χ3n) is 3.47. The summed E-state index contributed by atoms with van der Waals surface area (Å²) < 4.78 is 24.8. The van der Waals surface area contributed by atoms with E-state index in [0.29, 0.717) is 11.5 Å². The number of nitrogens with one attached hydrogen (secondary N) is 1. The van der Waals surface area contributed by atoms with E-state index in [2.05, 4.69) is 5.32 Å². The number of halogens is 2. The molecule has 3 rings (SSSR count). The fraction of sp³-hybridized carbons (Fsp3) is 0.105. The van der Waals surface area contributed by atoms with E-state index in [1.165, 1.54) is 18.2 Å². The number of anilines is 1. The van der Waals surface area contributed by atoms with E-state index in [-0.39, 0.29) is 23.1 Å². The topological polar surface area (TPSA) is 51.5 Å². The second kappa shape index (κ2) is 7.40. The Morgan fingerprint density at radius 2 is 1.92 bits per heavy atom. The normalized spacial score (nSPS) is 10.5. The molecule has 3 aromatic rings. The molecular formula is C19H15ClFNO3. The molecule has 0 saturated heterocycles. The molecule has 4 nitrogen and oxygen atoms in total. The lowest BCUT2D eigenvalue weighted by Gasteiger charge is -2.05. The first-order valence-electron chi connectivity index (χ1n) is 7.56. The molecule has 0 unspecified atom stereocenters. The molecule has 0 aliphatic rings. The zero-order chi connectivity index (χ0) is 17.8. The highest BCUT2D eigenvalue weighted by molar-refractivity contribution is 6.30. The van der Waals surface area contributed by atoms with E-state index >= 15 is 0 Å². The molecule has 6 heteroatoms. The number of aryl methyl sites for hydroxylation is 1. The summed E-state index contributed by atoms with van der Waals surface area (Å²) in [6.45, 7) is 2.18. The number of hydrogen-bond acceptors (Lipinski definition) is 3. The van der Waals surface area contributed by atoms with E-state index in [9.17, 15) is 9.18 Å². The minimum absolute atomic E-state index is 0.0308. The van der Waals surface area contributed by atoms with Gasteiger partial charge in [-0.25, -0.2) is 4.39 Å². The van der Waals surface area contributed by atoms with Crippen LogP contribution in [0.5, 0.6) is 5.75 Å². The van der Waals surface area contributed by atoms with E-state index < -0.39 is 11.7 Å². The van der Waals surface area contributed by atoms with Crippen LogP contribution in [0.3, 0.4) is 0 Å². The van der Waals surface area contributed by atoms with Gasteiger partial charge in [0.2, 0.25) is 0 Å². The molecular weight excluding hydrogens is 345 g/mol. The number of ether oxygens (including phenoxy) is 1. The van der Waals surface area contributed by atoms with Crippen LogP contribution in [0, 0.1) is 12.7 Å². The molecule has 25 heavy (non-hydrogen) atoms. The van der Waals surface area contributed by atoms with Gasteiger partial charge in [-0.15, -0.1) is 0 Å². The van der Waals surface area contributed by atoms with Gasteiger partial charge < -0.3 is 14.5 Å². The molecule has 0 fully saturated rings. The zero-order valence-corrected chi connectivity index (χ0v) is 14.1. The Morgan fingerprint density at radius 3 is 2.64 bits per heavy atom. The average molecular weight is 360 g/mol. The van der Waals surface area contributed by atoms with E-state index in [0.717, 1.165) is 11.6 Å². The molecule has 1 N–H and O–H groups in total. The number of benzene rings is 2. The van der Waals surface area contributed by atoms with Crippen LogP contribution in [-0.2, 0) is 6.61 Å². The van der Waals surface area contributed by atoms with Gasteiger partial charge in [-0.1, -0.05) is 29.3 Å². The summed E-state index contributed by atoms with van der Waals surface area (Å²) in [5.74, 6) is 0.0912. The predicted octanol–water partition coefficient (Wildman–Crippen LogP) is 5.21. The highest BCUT2D eigenvalue weighted by Gasteiger charge is 2.14. The molecule has 0 atom stereocenters. The SMILES string of the molecule is Cc1ccc(OCc2ccc(C(=O)Nc3ccc(Cl)cc3F)o2)cc1. The first kappa shape index (κ1) is 17.0. The van der Waals surface area contributed by atoms with Crippen LogP contribution in [0.25, 0.3) is 0 Å². The van der Waals surface area contributed by atoms with E-state index in [1.807, 2.05) is 31.2 Å². The van der Waals surface area contributed by atoms with Gasteiger partial charge in [0, 0.05) is 5.02 Å². The van der Waals surface area contributed by atoms with Gasteiger partial charge in [0.15, 0.2) is 5.76 Å². The van der Waals surface area contributed by atoms with Crippen LogP contribution in [0.15, 0.2) is 59.0 Å². The Balaban J connectivity index is 1.62. The highest BCUT2D eigenvalue weighted by Crippen LogP contribution is 2.20. The van der Waals surface area contributed by atoms with Crippen molar-refractivity contribution in [2.24, 2.45) is 0 Å². The summed E-state index contributed by atoms with van der Waals surface area (Å²) >= 11 is 5.68. The Labute approximate surface area is 149 Å². The van der Waals surface area contributed by atoms with E-state index in [4.69, 9.17) is 20.8 Å². The van der Waals surface area contributed by atoms with Crippen molar-refractivity contribution in [3.63, 3.8) is 0 Å². The number of carbonyl (C=O) groups is 1. The quantitative estimate of drug-likeness (QED) is 0.680. The molecule has 0 aliphatic heterocycles. The summed E-state index contributed by atoms with van der Waals surface area (Å²) in [6.07, 6.45) is 0. The minimum atomic E-state index is -0.615. The Bertz CT molecular complexity index is 890. The fourth-order valence-corrected chi connectivity index (χ4v) is 2.30. The van der Waals surface area contributed by atoms with Crippen LogP contribution >= 0.6 is 11.6 Å². The third kappa shape index (κ3) is 4.39. The number of rotatable bonds is 5. The van der Waals surface area contributed by atoms with Gasteiger partial charge in [0.05, 0.1) is 5.69 Å². The second-order valence-electron chi connectivity index (χ2n) is 5.45. The first-order valence-corrected chi connectivity index (χ1v) is 7.93. The standard InChI is InChI=1S/C19H15ClFNO3/c1-12-2-5-14(6-3-12)24-11-15-7-9-18(25-15)19(23)22-17-8-4-13(20)10-16(17)21/h2-10H,11H2,1H3,(H,22,23). The number of furan rings is 1. The van der Waals surface area contributed by atoms with Crippen molar-refractivity contribution in [2.75, 3.05) is 5.32 Å². The molecule has 2 aromatic carbocycles. The van der Waals surface area contributed by atoms with Crippen LogP contribution in [0.2, 0.25) is 5.02 Å². The predicted molar refractivity (Wildman–Crippen MR) is 93.6 cm³/mol. The monoisotopic (exact) mass is 359 g/mol.